The monoisotopic (exact) mass is 256 g/mol. The van der Waals surface area contributed by atoms with Gasteiger partial charge in [0, 0.05) is 5.54 Å². The highest BCUT2D eigenvalue weighted by molar-refractivity contribution is 5.36. The molecule has 4 nitrogen and oxygen atoms in total. The smallest absolute Gasteiger partial charge is 0.223 e. The Hall–Kier alpha value is -1.63. The average Bonchev–Trinajstić information content (AvgIpc) is 3.21. The van der Waals surface area contributed by atoms with E-state index in [2.05, 4.69) is 22.2 Å². The first-order chi connectivity index (χ1) is 9.22. The van der Waals surface area contributed by atoms with Crippen LogP contribution in [0.2, 0.25) is 0 Å². The first kappa shape index (κ1) is 12.4. The molecule has 0 radical (unpaired) electrons. The summed E-state index contributed by atoms with van der Waals surface area (Å²) in [4.78, 5) is 8.49. The summed E-state index contributed by atoms with van der Waals surface area (Å²) in [5.74, 6) is 2.28. The molecule has 19 heavy (non-hydrogen) atoms. The van der Waals surface area contributed by atoms with Crippen LogP contribution in [0.4, 0.5) is 5.95 Å². The molecule has 0 saturated heterocycles. The largest absolute Gasteiger partial charge is 0.349 e. The van der Waals surface area contributed by atoms with Crippen LogP contribution in [0.1, 0.15) is 51.0 Å². The lowest BCUT2D eigenvalue weighted by atomic mass is 9.77. The van der Waals surface area contributed by atoms with E-state index in [-0.39, 0.29) is 5.54 Å². The summed E-state index contributed by atoms with van der Waals surface area (Å²) in [6.07, 6.45) is 11.0. The first-order valence-corrected chi connectivity index (χ1v) is 7.22. The van der Waals surface area contributed by atoms with Gasteiger partial charge in [-0.3, -0.25) is 0 Å². The fourth-order valence-corrected chi connectivity index (χ4v) is 3.38. The lowest BCUT2D eigenvalue weighted by molar-refractivity contribution is 0.245. The topological polar surface area (TPSA) is 61.6 Å². The highest BCUT2D eigenvalue weighted by Gasteiger charge is 2.50. The van der Waals surface area contributed by atoms with Crippen molar-refractivity contribution in [2.75, 3.05) is 5.32 Å². The van der Waals surface area contributed by atoms with Gasteiger partial charge in [-0.1, -0.05) is 19.8 Å². The summed E-state index contributed by atoms with van der Waals surface area (Å²) < 4.78 is 0. The van der Waals surface area contributed by atoms with Gasteiger partial charge < -0.3 is 5.32 Å². The van der Waals surface area contributed by atoms with Gasteiger partial charge in [-0.05, 0) is 37.5 Å². The van der Waals surface area contributed by atoms with E-state index in [0.717, 1.165) is 11.8 Å². The van der Waals surface area contributed by atoms with Crippen molar-refractivity contribution in [3.8, 4) is 6.07 Å². The van der Waals surface area contributed by atoms with Crippen LogP contribution in [0, 0.1) is 23.2 Å². The summed E-state index contributed by atoms with van der Waals surface area (Å²) in [5.41, 5.74) is 0.754. The molecule has 1 N–H and O–H groups in total. The third-order valence-electron chi connectivity index (χ3n) is 4.65. The molecule has 1 aromatic heterocycles. The second-order valence-electron chi connectivity index (χ2n) is 6.16. The third-order valence-corrected chi connectivity index (χ3v) is 4.65. The van der Waals surface area contributed by atoms with Crippen LogP contribution >= 0.6 is 0 Å². The van der Waals surface area contributed by atoms with E-state index in [4.69, 9.17) is 5.26 Å². The van der Waals surface area contributed by atoms with Crippen LogP contribution in [0.15, 0.2) is 12.4 Å². The Balaban J connectivity index is 1.69. The molecule has 0 spiro atoms. The van der Waals surface area contributed by atoms with Gasteiger partial charge in [0.25, 0.3) is 0 Å². The van der Waals surface area contributed by atoms with Gasteiger partial charge in [-0.15, -0.1) is 0 Å². The highest BCUT2D eigenvalue weighted by atomic mass is 15.2. The quantitative estimate of drug-likeness (QED) is 0.902. The summed E-state index contributed by atoms with van der Waals surface area (Å²) >= 11 is 0. The molecule has 1 aromatic rings. The lowest BCUT2D eigenvalue weighted by Gasteiger charge is -2.34. The molecule has 2 atom stereocenters. The Bertz CT molecular complexity index is 484. The molecule has 0 aromatic carbocycles. The molecule has 100 valence electrons. The Morgan fingerprint density at radius 2 is 2.05 bits per heavy atom. The normalized spacial score (nSPS) is 28.4. The summed E-state index contributed by atoms with van der Waals surface area (Å²) in [5, 5.41) is 12.3. The van der Waals surface area contributed by atoms with E-state index in [1.165, 1.54) is 38.5 Å². The lowest BCUT2D eigenvalue weighted by Crippen LogP contribution is -2.35. The van der Waals surface area contributed by atoms with E-state index in [0.29, 0.717) is 11.5 Å². The van der Waals surface area contributed by atoms with E-state index in [9.17, 15) is 0 Å². The van der Waals surface area contributed by atoms with E-state index in [1.54, 1.807) is 12.4 Å². The molecular weight excluding hydrogens is 236 g/mol. The van der Waals surface area contributed by atoms with Crippen LogP contribution in [0.3, 0.4) is 0 Å². The van der Waals surface area contributed by atoms with Crippen LogP contribution < -0.4 is 5.32 Å². The van der Waals surface area contributed by atoms with Gasteiger partial charge >= 0.3 is 0 Å². The summed E-state index contributed by atoms with van der Waals surface area (Å²) in [7, 11) is 0. The number of aromatic nitrogens is 2. The fourth-order valence-electron chi connectivity index (χ4n) is 3.38. The number of nitrogens with one attached hydrogen (secondary N) is 1. The molecule has 1 heterocycles. The maximum absolute atomic E-state index is 8.76. The molecule has 1 unspecified atom stereocenters. The maximum atomic E-state index is 8.76. The fraction of sp³-hybridized carbons (Fsp3) is 0.667. The zero-order valence-electron chi connectivity index (χ0n) is 11.4. The van der Waals surface area contributed by atoms with Crippen molar-refractivity contribution in [1.82, 2.24) is 9.97 Å². The van der Waals surface area contributed by atoms with E-state index in [1.807, 2.05) is 6.07 Å². The zero-order chi connectivity index (χ0) is 13.3. The number of anilines is 1. The van der Waals surface area contributed by atoms with Gasteiger partial charge in [0.2, 0.25) is 5.95 Å². The number of hydrogen-bond acceptors (Lipinski definition) is 4. The molecule has 2 aliphatic rings. The highest BCUT2D eigenvalue weighted by Crippen LogP contribution is 2.50. The minimum Gasteiger partial charge on any atom is -0.349 e. The first-order valence-electron chi connectivity index (χ1n) is 7.22. The Morgan fingerprint density at radius 3 is 2.63 bits per heavy atom. The second-order valence-corrected chi connectivity index (χ2v) is 6.16. The minimum atomic E-state index is 0.239. The van der Waals surface area contributed by atoms with Gasteiger partial charge in [-0.25, -0.2) is 9.97 Å². The van der Waals surface area contributed by atoms with Crippen molar-refractivity contribution in [1.29, 1.82) is 5.26 Å². The summed E-state index contributed by atoms with van der Waals surface area (Å²) in [6, 6.07) is 2.05. The predicted octanol–water partition coefficient (Wildman–Crippen LogP) is 3.12. The third kappa shape index (κ3) is 2.56. The van der Waals surface area contributed by atoms with E-state index >= 15 is 0 Å². The molecular formula is C15H20N4. The molecule has 0 aliphatic heterocycles. The van der Waals surface area contributed by atoms with Gasteiger partial charge in [-0.2, -0.15) is 5.26 Å². The van der Waals surface area contributed by atoms with Crippen molar-refractivity contribution in [3.63, 3.8) is 0 Å². The van der Waals surface area contributed by atoms with Crippen molar-refractivity contribution < 1.29 is 0 Å². The van der Waals surface area contributed by atoms with Crippen molar-refractivity contribution in [3.05, 3.63) is 18.0 Å². The molecule has 2 aliphatic carbocycles. The molecule has 3 rings (SSSR count). The van der Waals surface area contributed by atoms with Crippen LogP contribution in [-0.2, 0) is 0 Å². The van der Waals surface area contributed by atoms with Crippen LogP contribution in [-0.4, -0.2) is 15.5 Å². The van der Waals surface area contributed by atoms with Gasteiger partial charge in [0.15, 0.2) is 0 Å². The minimum absolute atomic E-state index is 0.239. The average molecular weight is 256 g/mol. The van der Waals surface area contributed by atoms with Crippen LogP contribution in [0.5, 0.6) is 0 Å². The second kappa shape index (κ2) is 4.80. The summed E-state index contributed by atoms with van der Waals surface area (Å²) in [6.45, 7) is 2.36. The van der Waals surface area contributed by atoms with E-state index < -0.39 is 0 Å². The standard InChI is InChI=1S/C15H20N4/c1-11-3-2-4-13(7-11)15(5-6-15)19-14-17-9-12(8-16)10-18-14/h9-11,13H,2-7H2,1H3,(H,17,18,19)/t11-,13?/m1/s1. The Labute approximate surface area is 114 Å². The number of nitriles is 1. The van der Waals surface area contributed by atoms with Crippen molar-refractivity contribution in [2.45, 2.75) is 51.0 Å². The Morgan fingerprint density at radius 1 is 1.32 bits per heavy atom. The number of rotatable bonds is 3. The number of hydrogen-bond donors (Lipinski definition) is 1. The number of nitrogens with zero attached hydrogens (tertiary/aromatic N) is 3. The zero-order valence-corrected chi connectivity index (χ0v) is 11.4. The van der Waals surface area contributed by atoms with Crippen molar-refractivity contribution in [2.24, 2.45) is 11.8 Å². The molecule has 0 bridgehead atoms. The van der Waals surface area contributed by atoms with Gasteiger partial charge in [0.1, 0.15) is 6.07 Å². The molecule has 2 fully saturated rings. The Kier molecular flexibility index (Phi) is 3.14. The van der Waals surface area contributed by atoms with Crippen molar-refractivity contribution >= 4 is 5.95 Å². The molecule has 0 amide bonds. The van der Waals surface area contributed by atoms with Crippen LogP contribution in [0.25, 0.3) is 0 Å². The molecule has 2 saturated carbocycles. The maximum Gasteiger partial charge on any atom is 0.223 e. The van der Waals surface area contributed by atoms with Gasteiger partial charge in [0.05, 0.1) is 18.0 Å². The molecule has 4 heteroatoms. The SMILES string of the molecule is C[C@@H]1CCCC(C2(Nc3ncc(C#N)cn3)CC2)C1. The predicted molar refractivity (Wildman–Crippen MR) is 73.5 cm³/mol.